The first-order valence-electron chi connectivity index (χ1n) is 6.55. The maximum absolute atomic E-state index is 11.9. The van der Waals surface area contributed by atoms with Crippen LogP contribution in [0.5, 0.6) is 0 Å². The highest BCUT2D eigenvalue weighted by molar-refractivity contribution is 5.78. The van der Waals surface area contributed by atoms with E-state index in [0.29, 0.717) is 6.54 Å². The number of rotatable bonds is 5. The lowest BCUT2D eigenvalue weighted by atomic mass is 9.77. The van der Waals surface area contributed by atoms with Gasteiger partial charge in [0, 0.05) is 19.0 Å². The highest BCUT2D eigenvalue weighted by Crippen LogP contribution is 2.31. The predicted molar refractivity (Wildman–Crippen MR) is 70.9 cm³/mol. The van der Waals surface area contributed by atoms with Crippen LogP contribution >= 0.6 is 0 Å². The molecule has 0 radical (unpaired) electrons. The zero-order valence-corrected chi connectivity index (χ0v) is 11.6. The predicted octanol–water partition coefficient (Wildman–Crippen LogP) is 0.336. The van der Waals surface area contributed by atoms with Gasteiger partial charge in [-0.05, 0) is 46.8 Å². The average molecular weight is 252 g/mol. The first-order valence-corrected chi connectivity index (χ1v) is 6.55. The first kappa shape index (κ1) is 14.9. The molecule has 18 heavy (non-hydrogen) atoms. The minimum Gasteiger partial charge on any atom is -0.355 e. The number of hydrogen-bond acceptors (Lipinski definition) is 4. The second-order valence-electron chi connectivity index (χ2n) is 5.31. The van der Waals surface area contributed by atoms with Gasteiger partial charge in [-0.1, -0.05) is 0 Å². The molecular formula is C13H24N4O. The van der Waals surface area contributed by atoms with Crippen LogP contribution in [0, 0.1) is 17.2 Å². The molecule has 0 unspecified atom stereocenters. The number of carbonyl (C=O) groups excluding carboxylic acids is 1. The summed E-state index contributed by atoms with van der Waals surface area (Å²) in [5, 5.41) is 15.2. The molecule has 2 N–H and O–H groups in total. The van der Waals surface area contributed by atoms with Crippen molar-refractivity contribution in [1.29, 1.82) is 5.26 Å². The fourth-order valence-corrected chi connectivity index (χ4v) is 2.34. The molecule has 0 heterocycles. The molecule has 0 aromatic heterocycles. The zero-order chi connectivity index (χ0) is 13.6. The van der Waals surface area contributed by atoms with Gasteiger partial charge in [0.2, 0.25) is 5.91 Å². The molecule has 0 aromatic carbocycles. The van der Waals surface area contributed by atoms with Crippen molar-refractivity contribution < 1.29 is 4.79 Å². The van der Waals surface area contributed by atoms with Gasteiger partial charge in [-0.3, -0.25) is 4.79 Å². The van der Waals surface area contributed by atoms with E-state index >= 15 is 0 Å². The molecule has 0 bridgehead atoms. The summed E-state index contributed by atoms with van der Waals surface area (Å²) in [5.74, 6) is 0.210. The third-order valence-corrected chi connectivity index (χ3v) is 3.76. The van der Waals surface area contributed by atoms with E-state index in [9.17, 15) is 4.79 Å². The quantitative estimate of drug-likeness (QED) is 0.740. The average Bonchev–Trinajstić information content (AvgIpc) is 2.38. The first-order chi connectivity index (χ1) is 8.53. The highest BCUT2D eigenvalue weighted by Gasteiger charge is 2.36. The normalized spacial score (nSPS) is 27.8. The molecule has 5 nitrogen and oxygen atoms in total. The van der Waals surface area contributed by atoms with Crippen LogP contribution in [0.3, 0.4) is 0 Å². The Morgan fingerprint density at radius 1 is 1.44 bits per heavy atom. The number of amides is 1. The van der Waals surface area contributed by atoms with E-state index in [0.717, 1.165) is 32.2 Å². The number of nitrogens with zero attached hydrogens (tertiary/aromatic N) is 2. The highest BCUT2D eigenvalue weighted by atomic mass is 16.1. The zero-order valence-electron chi connectivity index (χ0n) is 11.6. The molecule has 0 spiro atoms. The van der Waals surface area contributed by atoms with Gasteiger partial charge in [0.05, 0.1) is 6.07 Å². The summed E-state index contributed by atoms with van der Waals surface area (Å²) in [5.41, 5.74) is -0.416. The minimum atomic E-state index is -0.416. The molecular weight excluding hydrogens is 228 g/mol. The second-order valence-corrected chi connectivity index (χ2v) is 5.31. The molecule has 1 rings (SSSR count). The van der Waals surface area contributed by atoms with Gasteiger partial charge in [-0.2, -0.15) is 5.26 Å². The van der Waals surface area contributed by atoms with Gasteiger partial charge in [-0.25, -0.2) is 0 Å². The lowest BCUT2D eigenvalue weighted by Gasteiger charge is -2.34. The molecule has 0 aromatic rings. The van der Waals surface area contributed by atoms with E-state index in [4.69, 9.17) is 5.26 Å². The molecule has 102 valence electrons. The van der Waals surface area contributed by atoms with Crippen molar-refractivity contribution in [1.82, 2.24) is 15.5 Å². The fourth-order valence-electron chi connectivity index (χ4n) is 2.34. The lowest BCUT2D eigenvalue weighted by Crippen LogP contribution is -2.47. The molecule has 1 amide bonds. The van der Waals surface area contributed by atoms with Crippen LogP contribution in [-0.2, 0) is 4.79 Å². The van der Waals surface area contributed by atoms with Crippen LogP contribution in [0.2, 0.25) is 0 Å². The van der Waals surface area contributed by atoms with E-state index in [-0.39, 0.29) is 11.8 Å². The molecule has 0 aliphatic heterocycles. The van der Waals surface area contributed by atoms with Crippen molar-refractivity contribution in [3.8, 4) is 6.07 Å². The summed E-state index contributed by atoms with van der Waals surface area (Å²) in [6, 6.07) is 2.34. The minimum absolute atomic E-state index is 0.0713. The smallest absolute Gasteiger partial charge is 0.223 e. The number of hydrogen-bond donors (Lipinski definition) is 2. The molecule has 1 fully saturated rings. The van der Waals surface area contributed by atoms with Crippen LogP contribution < -0.4 is 10.6 Å². The number of nitrogens with one attached hydrogen (secondary N) is 2. The number of carbonyl (C=O) groups is 1. The number of nitriles is 1. The van der Waals surface area contributed by atoms with E-state index in [2.05, 4.69) is 16.7 Å². The molecule has 1 aliphatic carbocycles. The summed E-state index contributed by atoms with van der Waals surface area (Å²) in [7, 11) is 5.79. The molecule has 5 heteroatoms. The van der Waals surface area contributed by atoms with Crippen LogP contribution in [0.25, 0.3) is 0 Å². The fraction of sp³-hybridized carbons (Fsp3) is 0.846. The summed E-state index contributed by atoms with van der Waals surface area (Å²) >= 11 is 0. The summed E-state index contributed by atoms with van der Waals surface area (Å²) in [4.78, 5) is 14.0. The van der Waals surface area contributed by atoms with Gasteiger partial charge in [0.15, 0.2) is 0 Å². The Hall–Kier alpha value is -1.12. The Bertz CT molecular complexity index is 313. The second kappa shape index (κ2) is 6.72. The standard InChI is InChI=1S/C13H24N4O/c1-15-13(10-14)6-4-11(5-7-13)12(18)16-8-9-17(2)3/h11,15H,4-9H2,1-3H3,(H,16,18). The Balaban J connectivity index is 2.34. The van der Waals surface area contributed by atoms with Gasteiger partial charge >= 0.3 is 0 Å². The Morgan fingerprint density at radius 3 is 2.50 bits per heavy atom. The maximum atomic E-state index is 11.9. The van der Waals surface area contributed by atoms with E-state index in [1.807, 2.05) is 26.0 Å². The summed E-state index contributed by atoms with van der Waals surface area (Å²) in [6.07, 6.45) is 3.10. The van der Waals surface area contributed by atoms with Crippen LogP contribution in [-0.4, -0.2) is 50.6 Å². The summed E-state index contributed by atoms with van der Waals surface area (Å²) in [6.45, 7) is 1.55. The van der Waals surface area contributed by atoms with Crippen molar-refractivity contribution in [3.05, 3.63) is 0 Å². The van der Waals surface area contributed by atoms with Crippen molar-refractivity contribution in [3.63, 3.8) is 0 Å². The largest absolute Gasteiger partial charge is 0.355 e. The van der Waals surface area contributed by atoms with E-state index in [1.165, 1.54) is 0 Å². The summed E-state index contributed by atoms with van der Waals surface area (Å²) < 4.78 is 0. The van der Waals surface area contributed by atoms with Gasteiger partial charge < -0.3 is 15.5 Å². The Kier molecular flexibility index (Phi) is 5.57. The monoisotopic (exact) mass is 252 g/mol. The third kappa shape index (κ3) is 3.97. The van der Waals surface area contributed by atoms with Crippen LogP contribution in [0.1, 0.15) is 25.7 Å². The SMILES string of the molecule is CNC1(C#N)CCC(C(=O)NCCN(C)C)CC1. The van der Waals surface area contributed by atoms with Gasteiger partial charge in [-0.15, -0.1) is 0 Å². The maximum Gasteiger partial charge on any atom is 0.223 e. The van der Waals surface area contributed by atoms with Crippen molar-refractivity contribution in [2.24, 2.45) is 5.92 Å². The molecule has 0 atom stereocenters. The van der Waals surface area contributed by atoms with Crippen LogP contribution in [0.4, 0.5) is 0 Å². The van der Waals surface area contributed by atoms with E-state index in [1.54, 1.807) is 0 Å². The lowest BCUT2D eigenvalue weighted by molar-refractivity contribution is -0.126. The van der Waals surface area contributed by atoms with Crippen molar-refractivity contribution in [2.75, 3.05) is 34.2 Å². The van der Waals surface area contributed by atoms with Crippen LogP contribution in [0.15, 0.2) is 0 Å². The molecule has 0 saturated heterocycles. The topological polar surface area (TPSA) is 68.2 Å². The Labute approximate surface area is 110 Å². The molecule has 1 saturated carbocycles. The van der Waals surface area contributed by atoms with Gasteiger partial charge in [0.25, 0.3) is 0 Å². The Morgan fingerprint density at radius 2 is 2.06 bits per heavy atom. The van der Waals surface area contributed by atoms with E-state index < -0.39 is 5.54 Å². The third-order valence-electron chi connectivity index (χ3n) is 3.76. The van der Waals surface area contributed by atoms with Gasteiger partial charge in [0.1, 0.15) is 5.54 Å². The van der Waals surface area contributed by atoms with Crippen molar-refractivity contribution in [2.45, 2.75) is 31.2 Å². The number of likely N-dealkylation sites (N-methyl/N-ethyl adjacent to an activating group) is 1. The van der Waals surface area contributed by atoms with Crippen molar-refractivity contribution >= 4 is 5.91 Å². The molecule has 1 aliphatic rings.